The third-order valence-corrected chi connectivity index (χ3v) is 4.65. The fourth-order valence-corrected chi connectivity index (χ4v) is 3.19. The maximum absolute atomic E-state index is 9.30. The first kappa shape index (κ1) is 18.6. The number of benzene rings is 1. The molecular weight excluding hydrogens is 354 g/mol. The molecule has 1 atom stereocenters. The van der Waals surface area contributed by atoms with E-state index in [-0.39, 0.29) is 6.10 Å². The van der Waals surface area contributed by atoms with Gasteiger partial charge >= 0.3 is 0 Å². The van der Waals surface area contributed by atoms with E-state index in [0.29, 0.717) is 35.5 Å². The van der Waals surface area contributed by atoms with E-state index in [0.717, 1.165) is 31.9 Å². The Bertz CT molecular complexity index is 780. The van der Waals surface area contributed by atoms with Gasteiger partial charge in [-0.25, -0.2) is 0 Å². The molecule has 0 bridgehead atoms. The highest BCUT2D eigenvalue weighted by Gasteiger charge is 2.22. The van der Waals surface area contributed by atoms with Crippen LogP contribution in [0.15, 0.2) is 22.7 Å². The van der Waals surface area contributed by atoms with Crippen LogP contribution in [-0.2, 0) is 11.3 Å². The smallest absolute Gasteiger partial charge is 0.240 e. The van der Waals surface area contributed by atoms with Crippen LogP contribution in [0.5, 0.6) is 0 Å². The predicted molar refractivity (Wildman–Crippen MR) is 98.0 cm³/mol. The molecule has 8 heteroatoms. The minimum Gasteiger partial charge on any atom is -0.371 e. The van der Waals surface area contributed by atoms with Gasteiger partial charge in [-0.1, -0.05) is 16.8 Å². The summed E-state index contributed by atoms with van der Waals surface area (Å²) in [6, 6.07) is 7.61. The van der Waals surface area contributed by atoms with Crippen LogP contribution in [0.25, 0.3) is 0 Å². The Balaban J connectivity index is 1.58. The third kappa shape index (κ3) is 4.33. The second-order valence-electron chi connectivity index (χ2n) is 6.18. The number of rotatable bonds is 6. The van der Waals surface area contributed by atoms with Gasteiger partial charge < -0.3 is 14.2 Å². The van der Waals surface area contributed by atoms with Crippen molar-refractivity contribution in [2.24, 2.45) is 0 Å². The number of nitriles is 1. The molecule has 1 aliphatic rings. The van der Waals surface area contributed by atoms with Gasteiger partial charge in [-0.15, -0.1) is 0 Å². The quantitative estimate of drug-likeness (QED) is 0.767. The SMILES string of the molecule is CCOC(C)c1noc(CN2CCN(c3cc(Cl)ccc3C#N)CC2)n1. The average Bonchev–Trinajstić information content (AvgIpc) is 3.11. The fraction of sp³-hybridized carbons (Fsp3) is 0.500. The van der Waals surface area contributed by atoms with E-state index in [1.165, 1.54) is 0 Å². The molecule has 0 spiro atoms. The minimum atomic E-state index is -0.165. The van der Waals surface area contributed by atoms with E-state index >= 15 is 0 Å². The van der Waals surface area contributed by atoms with Crippen LogP contribution in [0.3, 0.4) is 0 Å². The van der Waals surface area contributed by atoms with Crippen LogP contribution < -0.4 is 4.90 Å². The van der Waals surface area contributed by atoms with Crippen LogP contribution in [0.4, 0.5) is 5.69 Å². The molecule has 0 amide bonds. The molecule has 0 N–H and O–H groups in total. The van der Waals surface area contributed by atoms with Gasteiger partial charge in [0.15, 0.2) is 5.82 Å². The lowest BCUT2D eigenvalue weighted by atomic mass is 10.1. The number of aromatic nitrogens is 2. The summed E-state index contributed by atoms with van der Waals surface area (Å²) in [6.45, 7) is 8.38. The summed E-state index contributed by atoms with van der Waals surface area (Å²) in [5.74, 6) is 1.18. The van der Waals surface area contributed by atoms with Gasteiger partial charge in [0.1, 0.15) is 12.2 Å². The zero-order valence-corrected chi connectivity index (χ0v) is 15.7. The molecule has 1 aromatic carbocycles. The first-order valence-electron chi connectivity index (χ1n) is 8.71. The molecule has 0 radical (unpaired) electrons. The van der Waals surface area contributed by atoms with Crippen molar-refractivity contribution in [2.75, 3.05) is 37.7 Å². The van der Waals surface area contributed by atoms with E-state index in [4.69, 9.17) is 20.9 Å². The maximum Gasteiger partial charge on any atom is 0.240 e. The van der Waals surface area contributed by atoms with Gasteiger partial charge in [0.25, 0.3) is 0 Å². The molecule has 26 heavy (non-hydrogen) atoms. The molecule has 1 fully saturated rings. The Hall–Kier alpha value is -2.14. The van der Waals surface area contributed by atoms with E-state index in [2.05, 4.69) is 26.0 Å². The summed E-state index contributed by atoms with van der Waals surface area (Å²) in [4.78, 5) is 8.87. The summed E-state index contributed by atoms with van der Waals surface area (Å²) >= 11 is 6.09. The third-order valence-electron chi connectivity index (χ3n) is 4.42. The lowest BCUT2D eigenvalue weighted by Gasteiger charge is -2.35. The Morgan fingerprint density at radius 2 is 2.12 bits per heavy atom. The second-order valence-corrected chi connectivity index (χ2v) is 6.62. The van der Waals surface area contributed by atoms with Crippen molar-refractivity contribution in [3.63, 3.8) is 0 Å². The molecule has 138 valence electrons. The molecule has 2 heterocycles. The van der Waals surface area contributed by atoms with Gasteiger partial charge in [0.2, 0.25) is 5.89 Å². The number of hydrogen-bond acceptors (Lipinski definition) is 7. The molecule has 1 aromatic heterocycles. The van der Waals surface area contributed by atoms with Crippen LogP contribution >= 0.6 is 11.6 Å². The average molecular weight is 376 g/mol. The highest BCUT2D eigenvalue weighted by molar-refractivity contribution is 6.30. The second kappa shape index (κ2) is 8.49. The van der Waals surface area contributed by atoms with Crippen molar-refractivity contribution in [2.45, 2.75) is 26.5 Å². The van der Waals surface area contributed by atoms with Crippen molar-refractivity contribution in [3.8, 4) is 6.07 Å². The highest BCUT2D eigenvalue weighted by Crippen LogP contribution is 2.25. The van der Waals surface area contributed by atoms with E-state index in [9.17, 15) is 5.26 Å². The largest absolute Gasteiger partial charge is 0.371 e. The molecule has 1 saturated heterocycles. The number of hydrogen-bond donors (Lipinski definition) is 0. The lowest BCUT2D eigenvalue weighted by Crippen LogP contribution is -2.46. The molecular formula is C18H22ClN5O2. The zero-order valence-electron chi connectivity index (χ0n) is 15.0. The number of halogens is 1. The molecule has 1 unspecified atom stereocenters. The Kier molecular flexibility index (Phi) is 6.09. The molecule has 0 saturated carbocycles. The van der Waals surface area contributed by atoms with Crippen LogP contribution in [0.1, 0.15) is 37.2 Å². The van der Waals surface area contributed by atoms with Crippen molar-refractivity contribution in [3.05, 3.63) is 40.5 Å². The van der Waals surface area contributed by atoms with Crippen molar-refractivity contribution in [1.82, 2.24) is 15.0 Å². The Morgan fingerprint density at radius 3 is 2.81 bits per heavy atom. The van der Waals surface area contributed by atoms with E-state index in [1.807, 2.05) is 19.9 Å². The monoisotopic (exact) mass is 375 g/mol. The zero-order chi connectivity index (χ0) is 18.5. The van der Waals surface area contributed by atoms with Crippen molar-refractivity contribution >= 4 is 17.3 Å². The standard InChI is InChI=1S/C18H22ClN5O2/c1-3-25-13(2)18-21-17(26-22-18)12-23-6-8-24(9-7-23)16-10-15(19)5-4-14(16)11-20/h4-5,10,13H,3,6-9,12H2,1-2H3. The van der Waals surface area contributed by atoms with Gasteiger partial charge in [-0.2, -0.15) is 10.2 Å². The highest BCUT2D eigenvalue weighted by atomic mass is 35.5. The number of anilines is 1. The summed E-state index contributed by atoms with van der Waals surface area (Å²) < 4.78 is 10.8. The van der Waals surface area contributed by atoms with Crippen molar-refractivity contribution in [1.29, 1.82) is 5.26 Å². The van der Waals surface area contributed by atoms with Gasteiger partial charge in [0.05, 0.1) is 17.8 Å². The molecule has 3 rings (SSSR count). The summed E-state index contributed by atoms with van der Waals surface area (Å²) in [7, 11) is 0. The van der Waals surface area contributed by atoms with Crippen LogP contribution in [0.2, 0.25) is 5.02 Å². The van der Waals surface area contributed by atoms with Gasteiger partial charge in [-0.3, -0.25) is 4.90 Å². The molecule has 2 aromatic rings. The summed E-state index contributed by atoms with van der Waals surface area (Å²) in [6.07, 6.45) is -0.165. The Labute approximate surface area is 158 Å². The van der Waals surface area contributed by atoms with Crippen LogP contribution in [0, 0.1) is 11.3 Å². The number of piperazine rings is 1. The summed E-state index contributed by atoms with van der Waals surface area (Å²) in [5, 5.41) is 13.9. The topological polar surface area (TPSA) is 78.4 Å². The molecule has 7 nitrogen and oxygen atoms in total. The predicted octanol–water partition coefficient (Wildman–Crippen LogP) is 3.01. The Morgan fingerprint density at radius 1 is 1.35 bits per heavy atom. The number of nitrogens with zero attached hydrogens (tertiary/aromatic N) is 5. The maximum atomic E-state index is 9.30. The van der Waals surface area contributed by atoms with Gasteiger partial charge in [-0.05, 0) is 32.0 Å². The fourth-order valence-electron chi connectivity index (χ4n) is 3.02. The summed E-state index contributed by atoms with van der Waals surface area (Å²) in [5.41, 5.74) is 1.54. The first-order valence-corrected chi connectivity index (χ1v) is 9.09. The van der Waals surface area contributed by atoms with E-state index < -0.39 is 0 Å². The van der Waals surface area contributed by atoms with Crippen molar-refractivity contribution < 1.29 is 9.26 Å². The molecule has 1 aliphatic heterocycles. The number of ether oxygens (including phenoxy) is 1. The van der Waals surface area contributed by atoms with Gasteiger partial charge in [0, 0.05) is 37.8 Å². The van der Waals surface area contributed by atoms with Crippen LogP contribution in [-0.4, -0.2) is 47.8 Å². The first-order chi connectivity index (χ1) is 12.6. The normalized spacial score (nSPS) is 16.5. The lowest BCUT2D eigenvalue weighted by molar-refractivity contribution is 0.0683. The van der Waals surface area contributed by atoms with E-state index in [1.54, 1.807) is 12.1 Å². The molecule has 0 aliphatic carbocycles. The minimum absolute atomic E-state index is 0.165.